The van der Waals surface area contributed by atoms with Gasteiger partial charge in [0, 0.05) is 13.5 Å². The normalized spacial score (nSPS) is 13.5. The van der Waals surface area contributed by atoms with Crippen LogP contribution in [0.1, 0.15) is 66.2 Å². The maximum absolute atomic E-state index is 12.3. The molecule has 5 heteroatoms. The minimum absolute atomic E-state index is 0.203. The van der Waals surface area contributed by atoms with E-state index in [9.17, 15) is 14.4 Å². The fraction of sp³-hybridized carbons (Fsp3) is 0.471. The van der Waals surface area contributed by atoms with Gasteiger partial charge in [-0.2, -0.15) is 5.01 Å². The Morgan fingerprint density at radius 1 is 1.00 bits per heavy atom. The predicted octanol–water partition coefficient (Wildman–Crippen LogP) is 3.02. The second-order valence-electron chi connectivity index (χ2n) is 5.55. The Labute approximate surface area is 130 Å². The van der Waals surface area contributed by atoms with E-state index in [4.69, 9.17) is 0 Å². The maximum atomic E-state index is 12.3. The van der Waals surface area contributed by atoms with Gasteiger partial charge in [-0.15, -0.1) is 0 Å². The van der Waals surface area contributed by atoms with Gasteiger partial charge in [0.05, 0.1) is 11.1 Å². The molecular weight excluding hydrogens is 280 g/mol. The van der Waals surface area contributed by atoms with Gasteiger partial charge in [0.15, 0.2) is 0 Å². The summed E-state index contributed by atoms with van der Waals surface area (Å²) in [6.07, 6.45) is 5.57. The van der Waals surface area contributed by atoms with Crippen molar-refractivity contribution < 1.29 is 14.4 Å². The van der Waals surface area contributed by atoms with Gasteiger partial charge in [0.1, 0.15) is 0 Å². The first kappa shape index (κ1) is 16.2. The molecule has 0 spiro atoms. The third-order valence-corrected chi connectivity index (χ3v) is 3.93. The molecule has 118 valence electrons. The number of amides is 3. The summed E-state index contributed by atoms with van der Waals surface area (Å²) in [6.45, 7) is 2.14. The Balaban J connectivity index is 1.96. The van der Waals surface area contributed by atoms with E-state index >= 15 is 0 Å². The zero-order chi connectivity index (χ0) is 16.1. The first-order valence-corrected chi connectivity index (χ1v) is 7.82. The van der Waals surface area contributed by atoms with Crippen LogP contribution in [0.15, 0.2) is 24.3 Å². The lowest BCUT2D eigenvalue weighted by molar-refractivity contribution is -0.139. The van der Waals surface area contributed by atoms with E-state index < -0.39 is 11.8 Å². The smallest absolute Gasteiger partial charge is 0.273 e. The number of nitrogens with zero attached hydrogens (tertiary/aromatic N) is 2. The molecule has 0 bridgehead atoms. The molecule has 0 saturated carbocycles. The highest BCUT2D eigenvalue weighted by molar-refractivity contribution is 6.21. The van der Waals surface area contributed by atoms with E-state index in [1.165, 1.54) is 13.5 Å². The first-order chi connectivity index (χ1) is 10.6. The summed E-state index contributed by atoms with van der Waals surface area (Å²) >= 11 is 0. The molecule has 0 atom stereocenters. The molecule has 0 saturated heterocycles. The van der Waals surface area contributed by atoms with Crippen LogP contribution in [0.2, 0.25) is 0 Å². The summed E-state index contributed by atoms with van der Waals surface area (Å²) in [4.78, 5) is 36.7. The number of imide groups is 1. The molecule has 0 aromatic heterocycles. The van der Waals surface area contributed by atoms with E-state index in [0.29, 0.717) is 17.5 Å². The summed E-state index contributed by atoms with van der Waals surface area (Å²) in [5.74, 6) is -1.06. The van der Waals surface area contributed by atoms with Crippen molar-refractivity contribution in [2.24, 2.45) is 0 Å². The van der Waals surface area contributed by atoms with Gasteiger partial charge >= 0.3 is 0 Å². The van der Waals surface area contributed by atoms with E-state index in [1.54, 1.807) is 24.3 Å². The zero-order valence-corrected chi connectivity index (χ0v) is 13.2. The number of hydrazine groups is 1. The van der Waals surface area contributed by atoms with E-state index in [-0.39, 0.29) is 5.91 Å². The highest BCUT2D eigenvalue weighted by Crippen LogP contribution is 2.24. The van der Waals surface area contributed by atoms with Crippen molar-refractivity contribution in [1.82, 2.24) is 10.0 Å². The summed E-state index contributed by atoms with van der Waals surface area (Å²) in [6, 6.07) is 6.64. The van der Waals surface area contributed by atoms with E-state index in [1.807, 2.05) is 0 Å². The van der Waals surface area contributed by atoms with Crippen LogP contribution in [0.3, 0.4) is 0 Å². The lowest BCUT2D eigenvalue weighted by Crippen LogP contribution is -2.47. The predicted molar refractivity (Wildman–Crippen MR) is 83.1 cm³/mol. The molecule has 0 aliphatic carbocycles. The van der Waals surface area contributed by atoms with Gasteiger partial charge in [-0.05, 0) is 18.6 Å². The van der Waals surface area contributed by atoms with E-state index in [0.717, 1.165) is 35.7 Å². The molecule has 1 aliphatic heterocycles. The number of benzene rings is 1. The molecule has 2 rings (SSSR count). The van der Waals surface area contributed by atoms with Crippen LogP contribution in [0.4, 0.5) is 0 Å². The molecule has 0 unspecified atom stereocenters. The number of carbonyl (C=O) groups excluding carboxylic acids is 3. The van der Waals surface area contributed by atoms with Crippen LogP contribution in [-0.2, 0) is 4.79 Å². The number of unbranched alkanes of at least 4 members (excludes halogenated alkanes) is 4. The average Bonchev–Trinajstić information content (AvgIpc) is 2.78. The molecule has 1 heterocycles. The summed E-state index contributed by atoms with van der Waals surface area (Å²) in [5, 5.41) is 2.10. The van der Waals surface area contributed by atoms with Gasteiger partial charge < -0.3 is 0 Å². The molecule has 22 heavy (non-hydrogen) atoms. The third-order valence-electron chi connectivity index (χ3n) is 3.93. The number of fused-ring (bicyclic) bond motifs is 1. The largest absolute Gasteiger partial charge is 0.280 e. The number of hydrogen-bond donors (Lipinski definition) is 0. The summed E-state index contributed by atoms with van der Waals surface area (Å²) < 4.78 is 0. The monoisotopic (exact) mass is 302 g/mol. The summed E-state index contributed by atoms with van der Waals surface area (Å²) in [7, 11) is 1.48. The van der Waals surface area contributed by atoms with Crippen LogP contribution in [0.5, 0.6) is 0 Å². The van der Waals surface area contributed by atoms with Crippen LogP contribution >= 0.6 is 0 Å². The van der Waals surface area contributed by atoms with Crippen molar-refractivity contribution in [3.05, 3.63) is 35.4 Å². The molecule has 0 N–H and O–H groups in total. The Morgan fingerprint density at radius 3 is 2.09 bits per heavy atom. The van der Waals surface area contributed by atoms with Crippen molar-refractivity contribution in [3.63, 3.8) is 0 Å². The molecule has 1 aromatic carbocycles. The van der Waals surface area contributed by atoms with Crippen molar-refractivity contribution in [1.29, 1.82) is 0 Å². The number of carbonyl (C=O) groups is 3. The Bertz CT molecular complexity index is 548. The minimum atomic E-state index is -0.428. The van der Waals surface area contributed by atoms with Gasteiger partial charge in [0.2, 0.25) is 5.91 Å². The number of rotatable bonds is 7. The number of hydrogen-bond acceptors (Lipinski definition) is 3. The molecule has 0 fully saturated rings. The molecule has 5 nitrogen and oxygen atoms in total. The Kier molecular flexibility index (Phi) is 5.31. The van der Waals surface area contributed by atoms with Crippen molar-refractivity contribution in [3.8, 4) is 0 Å². The summed E-state index contributed by atoms with van der Waals surface area (Å²) in [5.41, 5.74) is 0.713. The van der Waals surface area contributed by atoms with Crippen LogP contribution in [0, 0.1) is 0 Å². The van der Waals surface area contributed by atoms with Crippen LogP contribution in [0.25, 0.3) is 0 Å². The SMILES string of the molecule is CCCCCCCC(=O)N(C)N1C(=O)c2ccccc2C1=O. The van der Waals surface area contributed by atoms with Crippen LogP contribution < -0.4 is 0 Å². The van der Waals surface area contributed by atoms with Gasteiger partial charge in [0.25, 0.3) is 11.8 Å². The van der Waals surface area contributed by atoms with Gasteiger partial charge in [-0.3, -0.25) is 14.4 Å². The maximum Gasteiger partial charge on any atom is 0.280 e. The molecule has 3 amide bonds. The Morgan fingerprint density at radius 2 is 1.55 bits per heavy atom. The minimum Gasteiger partial charge on any atom is -0.273 e. The lowest BCUT2D eigenvalue weighted by atomic mass is 10.1. The lowest BCUT2D eigenvalue weighted by Gasteiger charge is -2.25. The fourth-order valence-corrected chi connectivity index (χ4v) is 2.60. The van der Waals surface area contributed by atoms with Gasteiger partial charge in [-0.1, -0.05) is 44.7 Å². The molecule has 1 aromatic rings. The van der Waals surface area contributed by atoms with Crippen LogP contribution in [-0.4, -0.2) is 34.8 Å². The molecular formula is C17H22N2O3. The first-order valence-electron chi connectivity index (χ1n) is 7.82. The highest BCUT2D eigenvalue weighted by Gasteiger charge is 2.39. The Hall–Kier alpha value is -2.17. The van der Waals surface area contributed by atoms with Crippen molar-refractivity contribution in [2.45, 2.75) is 45.4 Å². The van der Waals surface area contributed by atoms with E-state index in [2.05, 4.69) is 6.92 Å². The molecule has 1 aliphatic rings. The molecule has 0 radical (unpaired) electrons. The second-order valence-corrected chi connectivity index (χ2v) is 5.55. The third kappa shape index (κ3) is 3.18. The van der Waals surface area contributed by atoms with Crippen molar-refractivity contribution >= 4 is 17.7 Å². The second kappa shape index (κ2) is 7.20. The van der Waals surface area contributed by atoms with Crippen molar-refractivity contribution in [2.75, 3.05) is 7.05 Å². The standard InChI is InChI=1S/C17H22N2O3/c1-3-4-5-6-7-12-15(20)18(2)19-16(21)13-10-8-9-11-14(13)17(19)22/h8-11H,3-7,12H2,1-2H3. The highest BCUT2D eigenvalue weighted by atomic mass is 16.2. The quantitative estimate of drug-likeness (QED) is 0.574. The van der Waals surface area contributed by atoms with Gasteiger partial charge in [-0.25, -0.2) is 5.01 Å². The average molecular weight is 302 g/mol. The zero-order valence-electron chi connectivity index (χ0n) is 13.2. The fourth-order valence-electron chi connectivity index (χ4n) is 2.60. The topological polar surface area (TPSA) is 57.7 Å².